The third-order valence-electron chi connectivity index (χ3n) is 3.13. The van der Waals surface area contributed by atoms with E-state index in [1.54, 1.807) is 6.20 Å². The van der Waals surface area contributed by atoms with Gasteiger partial charge in [-0.1, -0.05) is 11.6 Å². The molecule has 1 aliphatic rings. The van der Waals surface area contributed by atoms with Crippen LogP contribution >= 0.6 is 11.6 Å². The molecule has 1 saturated heterocycles. The lowest BCUT2D eigenvalue weighted by molar-refractivity contribution is -0.117. The zero-order valence-electron chi connectivity index (χ0n) is 10.7. The average molecular weight is 289 g/mol. The summed E-state index contributed by atoms with van der Waals surface area (Å²) in [6.07, 6.45) is 4.65. The number of amides is 1. The van der Waals surface area contributed by atoms with E-state index < -0.39 is 0 Å². The Balaban J connectivity index is 1.74. The Morgan fingerprint density at radius 1 is 1.20 bits per heavy atom. The number of carbonyl (C=O) groups excluding carboxylic acids is 1. The van der Waals surface area contributed by atoms with Crippen LogP contribution in [0.15, 0.2) is 36.7 Å². The summed E-state index contributed by atoms with van der Waals surface area (Å²) in [5.41, 5.74) is 1.80. The number of aromatic nitrogens is 2. The number of nitrogens with one attached hydrogen (secondary N) is 1. The second-order valence-corrected chi connectivity index (χ2v) is 4.94. The fourth-order valence-electron chi connectivity index (χ4n) is 2.20. The molecule has 0 spiro atoms. The van der Waals surface area contributed by atoms with Crippen molar-refractivity contribution >= 4 is 34.7 Å². The quantitative estimate of drug-likeness (QED) is 0.943. The number of carbonyl (C=O) groups is 1. The van der Waals surface area contributed by atoms with Crippen LogP contribution in [-0.4, -0.2) is 22.4 Å². The molecule has 0 radical (unpaired) electrons. The highest BCUT2D eigenvalue weighted by atomic mass is 35.5. The summed E-state index contributed by atoms with van der Waals surface area (Å²) in [5, 5.41) is 3.45. The molecule has 3 rings (SSSR count). The minimum Gasteiger partial charge on any atom is -0.339 e. The van der Waals surface area contributed by atoms with Crippen LogP contribution in [0.2, 0.25) is 5.15 Å². The third kappa shape index (κ3) is 2.72. The predicted molar refractivity (Wildman–Crippen MR) is 78.4 cm³/mol. The van der Waals surface area contributed by atoms with Gasteiger partial charge < -0.3 is 10.2 Å². The van der Waals surface area contributed by atoms with Gasteiger partial charge in [0.15, 0.2) is 5.82 Å². The molecular weight excluding hydrogens is 276 g/mol. The van der Waals surface area contributed by atoms with Crippen molar-refractivity contribution in [3.05, 3.63) is 41.8 Å². The molecule has 2 heterocycles. The number of halogens is 1. The highest BCUT2D eigenvalue weighted by Crippen LogP contribution is 2.24. The van der Waals surface area contributed by atoms with Crippen molar-refractivity contribution < 1.29 is 4.79 Å². The molecule has 102 valence electrons. The van der Waals surface area contributed by atoms with Crippen LogP contribution in [-0.2, 0) is 4.79 Å². The van der Waals surface area contributed by atoms with Gasteiger partial charge in [0.05, 0.1) is 12.4 Å². The lowest BCUT2D eigenvalue weighted by Crippen LogP contribution is -2.23. The maximum atomic E-state index is 11.7. The molecule has 0 saturated carbocycles. The van der Waals surface area contributed by atoms with E-state index in [-0.39, 0.29) is 5.91 Å². The smallest absolute Gasteiger partial charge is 0.227 e. The van der Waals surface area contributed by atoms with Crippen molar-refractivity contribution in [2.24, 2.45) is 0 Å². The number of hydrogen-bond donors (Lipinski definition) is 1. The van der Waals surface area contributed by atoms with E-state index in [1.165, 1.54) is 6.20 Å². The van der Waals surface area contributed by atoms with Gasteiger partial charge in [0.1, 0.15) is 5.15 Å². The lowest BCUT2D eigenvalue weighted by atomic mass is 10.2. The molecule has 2 aromatic rings. The van der Waals surface area contributed by atoms with Crippen LogP contribution < -0.4 is 10.2 Å². The van der Waals surface area contributed by atoms with Crippen LogP contribution in [0.3, 0.4) is 0 Å². The van der Waals surface area contributed by atoms with Gasteiger partial charge in [-0.25, -0.2) is 4.98 Å². The van der Waals surface area contributed by atoms with Gasteiger partial charge in [0, 0.05) is 24.3 Å². The second-order valence-electron chi connectivity index (χ2n) is 4.55. The maximum absolute atomic E-state index is 11.7. The number of benzene rings is 1. The van der Waals surface area contributed by atoms with Crippen molar-refractivity contribution in [1.82, 2.24) is 9.97 Å². The Hall–Kier alpha value is -2.14. The molecule has 0 aliphatic carbocycles. The monoisotopic (exact) mass is 288 g/mol. The van der Waals surface area contributed by atoms with E-state index in [9.17, 15) is 4.79 Å². The summed E-state index contributed by atoms with van der Waals surface area (Å²) in [7, 11) is 0. The van der Waals surface area contributed by atoms with Gasteiger partial charge in [-0.05, 0) is 30.7 Å². The highest BCUT2D eigenvalue weighted by molar-refractivity contribution is 6.29. The van der Waals surface area contributed by atoms with E-state index >= 15 is 0 Å². The third-order valence-corrected chi connectivity index (χ3v) is 3.31. The van der Waals surface area contributed by atoms with Crippen molar-refractivity contribution in [3.8, 4) is 0 Å². The minimum absolute atomic E-state index is 0.186. The first-order valence-corrected chi connectivity index (χ1v) is 6.75. The van der Waals surface area contributed by atoms with Gasteiger partial charge in [0.25, 0.3) is 0 Å². The summed E-state index contributed by atoms with van der Waals surface area (Å²) >= 11 is 5.78. The van der Waals surface area contributed by atoms with E-state index in [4.69, 9.17) is 11.6 Å². The molecule has 20 heavy (non-hydrogen) atoms. The van der Waals surface area contributed by atoms with E-state index in [2.05, 4.69) is 15.3 Å². The zero-order chi connectivity index (χ0) is 13.9. The fraction of sp³-hybridized carbons (Fsp3) is 0.214. The van der Waals surface area contributed by atoms with Crippen LogP contribution in [0, 0.1) is 0 Å². The summed E-state index contributed by atoms with van der Waals surface area (Å²) in [4.78, 5) is 21.5. The Morgan fingerprint density at radius 2 is 2.00 bits per heavy atom. The molecule has 6 heteroatoms. The molecule has 1 fully saturated rings. The molecule has 1 aromatic heterocycles. The number of anilines is 3. The van der Waals surface area contributed by atoms with E-state index in [0.29, 0.717) is 17.4 Å². The first-order valence-electron chi connectivity index (χ1n) is 6.37. The standard InChI is InChI=1S/C14H13ClN4O/c15-12-8-16-9-13(18-12)17-10-3-5-11(6-4-10)19-7-1-2-14(19)20/h3-6,8-9H,1-2,7H2,(H,17,18). The summed E-state index contributed by atoms with van der Waals surface area (Å²) in [6, 6.07) is 7.65. The molecular formula is C14H13ClN4O. The zero-order valence-corrected chi connectivity index (χ0v) is 11.5. The van der Waals surface area contributed by atoms with Crippen LogP contribution in [0.1, 0.15) is 12.8 Å². The van der Waals surface area contributed by atoms with Gasteiger partial charge in [-0.15, -0.1) is 0 Å². The Bertz CT molecular complexity index is 629. The van der Waals surface area contributed by atoms with Crippen LogP contribution in [0.25, 0.3) is 0 Å². The molecule has 1 amide bonds. The van der Waals surface area contributed by atoms with Crippen molar-refractivity contribution in [2.45, 2.75) is 12.8 Å². The maximum Gasteiger partial charge on any atom is 0.227 e. The average Bonchev–Trinajstić information content (AvgIpc) is 2.86. The van der Waals surface area contributed by atoms with Crippen molar-refractivity contribution in [2.75, 3.05) is 16.8 Å². The van der Waals surface area contributed by atoms with Gasteiger partial charge in [-0.3, -0.25) is 9.78 Å². The number of nitrogens with zero attached hydrogens (tertiary/aromatic N) is 3. The van der Waals surface area contributed by atoms with Gasteiger partial charge in [-0.2, -0.15) is 0 Å². The topological polar surface area (TPSA) is 58.1 Å². The van der Waals surface area contributed by atoms with E-state index in [0.717, 1.165) is 24.3 Å². The minimum atomic E-state index is 0.186. The van der Waals surface area contributed by atoms with Gasteiger partial charge in [0.2, 0.25) is 5.91 Å². The van der Waals surface area contributed by atoms with Crippen LogP contribution in [0.4, 0.5) is 17.2 Å². The predicted octanol–water partition coefficient (Wildman–Crippen LogP) is 3.00. The van der Waals surface area contributed by atoms with Crippen molar-refractivity contribution in [3.63, 3.8) is 0 Å². The molecule has 0 atom stereocenters. The SMILES string of the molecule is O=C1CCCN1c1ccc(Nc2cncc(Cl)n2)cc1. The largest absolute Gasteiger partial charge is 0.339 e. The lowest BCUT2D eigenvalue weighted by Gasteiger charge is -2.16. The van der Waals surface area contributed by atoms with Gasteiger partial charge >= 0.3 is 0 Å². The molecule has 0 unspecified atom stereocenters. The van der Waals surface area contributed by atoms with Crippen molar-refractivity contribution in [1.29, 1.82) is 0 Å². The highest BCUT2D eigenvalue weighted by Gasteiger charge is 2.21. The van der Waals surface area contributed by atoms with E-state index in [1.807, 2.05) is 29.2 Å². The second kappa shape index (κ2) is 5.46. The summed E-state index contributed by atoms with van der Waals surface area (Å²) in [6.45, 7) is 0.797. The molecule has 5 nitrogen and oxygen atoms in total. The Kier molecular flexibility index (Phi) is 3.52. The molecule has 1 aromatic carbocycles. The molecule has 0 bridgehead atoms. The Labute approximate surface area is 121 Å². The summed E-state index contributed by atoms with van der Waals surface area (Å²) in [5.74, 6) is 0.772. The number of rotatable bonds is 3. The normalized spacial score (nSPS) is 14.7. The fourth-order valence-corrected chi connectivity index (χ4v) is 2.34. The van der Waals surface area contributed by atoms with Crippen LogP contribution in [0.5, 0.6) is 0 Å². The number of hydrogen-bond acceptors (Lipinski definition) is 4. The molecule has 1 aliphatic heterocycles. The Morgan fingerprint density at radius 3 is 2.65 bits per heavy atom. The summed E-state index contributed by atoms with van der Waals surface area (Å²) < 4.78 is 0. The molecule has 1 N–H and O–H groups in total. The first-order chi connectivity index (χ1) is 9.72. The first kappa shape index (κ1) is 12.9.